The molecule has 188 valence electrons. The number of thiophene rings is 1. The molecule has 10 heteroatoms. The molecule has 2 aromatic heterocycles. The summed E-state index contributed by atoms with van der Waals surface area (Å²) in [6, 6.07) is 15.3. The topological polar surface area (TPSA) is 131 Å². The number of benzene rings is 2. The molecule has 1 amide bonds. The van der Waals surface area contributed by atoms with Crippen molar-refractivity contribution in [3.05, 3.63) is 70.7 Å². The number of aliphatic hydroxyl groups excluding tert-OH is 1. The molecule has 2 N–H and O–H groups in total. The minimum absolute atomic E-state index is 0.0912. The summed E-state index contributed by atoms with van der Waals surface area (Å²) in [6.45, 7) is -0.336. The number of pyridine rings is 1. The first-order chi connectivity index (χ1) is 18.0. The SMILES string of the molecule is COc1cc(C(=O)NCC(=O)c2ccc(OC)c(-c3csc4ccc(C#N)cc34)n2)ccc1OCCO. The molecule has 0 bridgehead atoms. The molecule has 37 heavy (non-hydrogen) atoms. The molecule has 0 saturated carbocycles. The summed E-state index contributed by atoms with van der Waals surface area (Å²) in [5.41, 5.74) is 2.19. The Morgan fingerprint density at radius 3 is 2.57 bits per heavy atom. The van der Waals surface area contributed by atoms with E-state index in [2.05, 4.69) is 16.4 Å². The van der Waals surface area contributed by atoms with E-state index in [1.807, 2.05) is 11.4 Å². The van der Waals surface area contributed by atoms with Gasteiger partial charge in [0, 0.05) is 26.6 Å². The second kappa shape index (κ2) is 11.5. The third-order valence-electron chi connectivity index (χ3n) is 5.51. The molecule has 0 spiro atoms. The van der Waals surface area contributed by atoms with Crippen LogP contribution >= 0.6 is 11.3 Å². The van der Waals surface area contributed by atoms with E-state index in [4.69, 9.17) is 19.3 Å². The molecule has 0 atom stereocenters. The van der Waals surface area contributed by atoms with E-state index in [9.17, 15) is 14.9 Å². The number of ketones is 1. The molecule has 0 radical (unpaired) electrons. The molecular weight excluding hydrogens is 494 g/mol. The number of hydrogen-bond acceptors (Lipinski definition) is 9. The Hall–Kier alpha value is -4.46. The number of Topliss-reactive ketones (excluding diaryl/α,β-unsaturated/α-hetero) is 1. The monoisotopic (exact) mass is 517 g/mol. The van der Waals surface area contributed by atoms with Gasteiger partial charge in [-0.2, -0.15) is 5.26 Å². The summed E-state index contributed by atoms with van der Waals surface area (Å²) < 4.78 is 17.1. The van der Waals surface area contributed by atoms with Gasteiger partial charge in [-0.05, 0) is 48.5 Å². The number of nitrogens with zero attached hydrogens (tertiary/aromatic N) is 2. The Morgan fingerprint density at radius 1 is 1.05 bits per heavy atom. The van der Waals surface area contributed by atoms with Gasteiger partial charge in [0.2, 0.25) is 0 Å². The fourth-order valence-corrected chi connectivity index (χ4v) is 4.60. The zero-order valence-electron chi connectivity index (χ0n) is 20.1. The molecule has 4 rings (SSSR count). The number of hydrogen-bond donors (Lipinski definition) is 2. The second-order valence-corrected chi connectivity index (χ2v) is 8.67. The number of amides is 1. The predicted molar refractivity (Wildman–Crippen MR) is 139 cm³/mol. The van der Waals surface area contributed by atoms with Crippen molar-refractivity contribution in [3.8, 4) is 34.6 Å². The summed E-state index contributed by atoms with van der Waals surface area (Å²) in [5.74, 6) is 0.350. The Morgan fingerprint density at radius 2 is 1.84 bits per heavy atom. The molecule has 9 nitrogen and oxygen atoms in total. The van der Waals surface area contributed by atoms with Crippen LogP contribution in [0.1, 0.15) is 26.4 Å². The van der Waals surface area contributed by atoms with Crippen LogP contribution in [0.5, 0.6) is 17.2 Å². The Labute approximate surface area is 216 Å². The van der Waals surface area contributed by atoms with Crippen molar-refractivity contribution in [2.75, 3.05) is 34.0 Å². The van der Waals surface area contributed by atoms with Gasteiger partial charge in [0.05, 0.1) is 39.0 Å². The number of ether oxygens (including phenoxy) is 3. The maximum atomic E-state index is 12.9. The fourth-order valence-electron chi connectivity index (χ4n) is 3.68. The van der Waals surface area contributed by atoms with E-state index in [1.165, 1.54) is 37.7 Å². The zero-order valence-corrected chi connectivity index (χ0v) is 20.9. The van der Waals surface area contributed by atoms with Crippen molar-refractivity contribution >= 4 is 33.1 Å². The van der Waals surface area contributed by atoms with Crippen LogP contribution in [0.25, 0.3) is 21.3 Å². The predicted octanol–water partition coefficient (Wildman–Crippen LogP) is 3.84. The van der Waals surface area contributed by atoms with E-state index in [0.29, 0.717) is 28.5 Å². The van der Waals surface area contributed by atoms with Crippen molar-refractivity contribution in [1.82, 2.24) is 10.3 Å². The van der Waals surface area contributed by atoms with E-state index < -0.39 is 5.91 Å². The average Bonchev–Trinajstić information content (AvgIpc) is 3.37. The van der Waals surface area contributed by atoms with Crippen molar-refractivity contribution < 1.29 is 28.9 Å². The van der Waals surface area contributed by atoms with Crippen molar-refractivity contribution in [1.29, 1.82) is 5.26 Å². The molecule has 0 aliphatic rings. The van der Waals surface area contributed by atoms with Crippen molar-refractivity contribution in [3.63, 3.8) is 0 Å². The number of carbonyl (C=O) groups is 2. The van der Waals surface area contributed by atoms with Gasteiger partial charge in [0.1, 0.15) is 23.7 Å². The maximum Gasteiger partial charge on any atom is 0.251 e. The lowest BCUT2D eigenvalue weighted by atomic mass is 10.1. The molecule has 0 aliphatic heterocycles. The van der Waals surface area contributed by atoms with Gasteiger partial charge in [-0.3, -0.25) is 9.59 Å². The van der Waals surface area contributed by atoms with Gasteiger partial charge in [0.25, 0.3) is 5.91 Å². The molecule has 2 heterocycles. The third-order valence-corrected chi connectivity index (χ3v) is 6.47. The Balaban J connectivity index is 1.54. The van der Waals surface area contributed by atoms with Crippen LogP contribution < -0.4 is 19.5 Å². The van der Waals surface area contributed by atoms with Crippen LogP contribution in [0.4, 0.5) is 0 Å². The first-order valence-corrected chi connectivity index (χ1v) is 12.1. The number of carbonyl (C=O) groups excluding carboxylic acids is 2. The largest absolute Gasteiger partial charge is 0.494 e. The van der Waals surface area contributed by atoms with Gasteiger partial charge >= 0.3 is 0 Å². The highest BCUT2D eigenvalue weighted by Gasteiger charge is 2.18. The summed E-state index contributed by atoms with van der Waals surface area (Å²) in [4.78, 5) is 30.2. The highest BCUT2D eigenvalue weighted by atomic mass is 32.1. The summed E-state index contributed by atoms with van der Waals surface area (Å²) in [6.07, 6.45) is 0. The number of aromatic nitrogens is 1. The minimum atomic E-state index is -0.470. The molecule has 4 aromatic rings. The minimum Gasteiger partial charge on any atom is -0.494 e. The normalized spacial score (nSPS) is 10.5. The van der Waals surface area contributed by atoms with E-state index in [0.717, 1.165) is 15.6 Å². The van der Waals surface area contributed by atoms with Crippen molar-refractivity contribution in [2.24, 2.45) is 0 Å². The molecule has 0 saturated heterocycles. The average molecular weight is 518 g/mol. The third kappa shape index (κ3) is 5.53. The highest BCUT2D eigenvalue weighted by molar-refractivity contribution is 7.17. The van der Waals surface area contributed by atoms with Crippen LogP contribution in [0.15, 0.2) is 53.9 Å². The molecule has 0 aliphatic carbocycles. The zero-order chi connectivity index (χ0) is 26.4. The quantitative estimate of drug-likeness (QED) is 0.304. The lowest BCUT2D eigenvalue weighted by Crippen LogP contribution is -2.30. The highest BCUT2D eigenvalue weighted by Crippen LogP contribution is 2.38. The number of methoxy groups -OCH3 is 2. The van der Waals surface area contributed by atoms with Crippen molar-refractivity contribution in [2.45, 2.75) is 0 Å². The molecular formula is C27H23N3O6S. The number of nitriles is 1. The molecule has 0 fully saturated rings. The second-order valence-electron chi connectivity index (χ2n) is 7.76. The van der Waals surface area contributed by atoms with Gasteiger partial charge in [-0.1, -0.05) is 0 Å². The van der Waals surface area contributed by atoms with Crippen LogP contribution in [0, 0.1) is 11.3 Å². The van der Waals surface area contributed by atoms with Gasteiger partial charge < -0.3 is 24.6 Å². The van der Waals surface area contributed by atoms with Crippen LogP contribution in [-0.4, -0.2) is 55.8 Å². The number of nitrogens with one attached hydrogen (secondary N) is 1. The lowest BCUT2D eigenvalue weighted by molar-refractivity contribution is 0.0902. The lowest BCUT2D eigenvalue weighted by Gasteiger charge is -2.12. The first-order valence-electron chi connectivity index (χ1n) is 11.2. The summed E-state index contributed by atoms with van der Waals surface area (Å²) in [7, 11) is 2.96. The number of fused-ring (bicyclic) bond motifs is 1. The maximum absolute atomic E-state index is 12.9. The van der Waals surface area contributed by atoms with E-state index >= 15 is 0 Å². The molecule has 2 aromatic carbocycles. The number of aliphatic hydroxyl groups is 1. The smallest absolute Gasteiger partial charge is 0.251 e. The van der Waals surface area contributed by atoms with Crippen LogP contribution in [0.3, 0.4) is 0 Å². The van der Waals surface area contributed by atoms with E-state index in [1.54, 1.807) is 30.3 Å². The Kier molecular flexibility index (Phi) is 7.98. The van der Waals surface area contributed by atoms with Crippen LogP contribution in [-0.2, 0) is 0 Å². The fraction of sp³-hybridized carbons (Fsp3) is 0.185. The standard InChI is InChI=1S/C27H23N3O6S/c1-34-23-7-5-20(30-26(23)19-15-37-25-8-3-16(13-28)11-18(19)25)21(32)14-29-27(33)17-4-6-22(36-10-9-31)24(12-17)35-2/h3-8,11-12,15,31H,9-10,14H2,1-2H3,(H,29,33). The Bertz CT molecular complexity index is 1510. The van der Waals surface area contributed by atoms with Gasteiger partial charge in [0.15, 0.2) is 17.3 Å². The van der Waals surface area contributed by atoms with Gasteiger partial charge in [-0.15, -0.1) is 11.3 Å². The number of rotatable bonds is 10. The summed E-state index contributed by atoms with van der Waals surface area (Å²) in [5, 5.41) is 23.6. The van der Waals surface area contributed by atoms with Gasteiger partial charge in [-0.25, -0.2) is 4.98 Å². The summed E-state index contributed by atoms with van der Waals surface area (Å²) >= 11 is 1.50. The van der Waals surface area contributed by atoms with E-state index in [-0.39, 0.29) is 36.8 Å². The first kappa shape index (κ1) is 25.6. The van der Waals surface area contributed by atoms with Crippen LogP contribution in [0.2, 0.25) is 0 Å². The molecule has 0 unspecified atom stereocenters.